The number of H-pyrrole nitrogens is 1. The first-order valence-corrected chi connectivity index (χ1v) is 12.2. The third-order valence-corrected chi connectivity index (χ3v) is 7.22. The highest BCUT2D eigenvalue weighted by Crippen LogP contribution is 2.20. The van der Waals surface area contributed by atoms with E-state index in [0.29, 0.717) is 17.9 Å². The maximum atomic E-state index is 13.3. The molecule has 3 amide bonds. The van der Waals surface area contributed by atoms with Crippen molar-refractivity contribution in [3.05, 3.63) is 40.5 Å². The molecule has 0 aliphatic carbocycles. The fourth-order valence-corrected chi connectivity index (χ4v) is 5.26. The van der Waals surface area contributed by atoms with Gasteiger partial charge in [0.25, 0.3) is 9.84 Å². The van der Waals surface area contributed by atoms with Crippen molar-refractivity contribution in [3.8, 4) is 0 Å². The molecule has 1 aliphatic heterocycles. The van der Waals surface area contributed by atoms with Gasteiger partial charge in [0.1, 0.15) is 6.54 Å². The number of hydrogen-bond acceptors (Lipinski definition) is 5. The minimum Gasteiger partial charge on any atom is -0.396 e. The number of amides is 3. The lowest BCUT2D eigenvalue weighted by Crippen LogP contribution is -3.10. The SMILES string of the molecule is CCCCS(=O)(=O)c1[nH]c2c([n+]1Cc1ccc(Cl)cc1)C(=O)N(CCCO)C(=O)[NH+]2C. The second-order valence-electron chi connectivity index (χ2n) is 7.50. The number of carbonyl (C=O) groups is 2. The topological polar surface area (TPSA) is 116 Å². The Bertz CT molecular complexity index is 1080. The number of imidazole rings is 1. The molecule has 1 aliphatic rings. The van der Waals surface area contributed by atoms with E-state index in [1.165, 1.54) is 4.57 Å². The number of aliphatic hydroxyl groups is 1. The van der Waals surface area contributed by atoms with E-state index in [9.17, 15) is 18.0 Å². The minimum atomic E-state index is -3.73. The number of sulfone groups is 1. The fraction of sp³-hybridized carbons (Fsp3) is 0.450. The van der Waals surface area contributed by atoms with E-state index in [-0.39, 0.29) is 53.4 Å². The number of carbonyl (C=O) groups excluding carboxylic acids is 2. The predicted molar refractivity (Wildman–Crippen MR) is 113 cm³/mol. The molecule has 0 radical (unpaired) electrons. The van der Waals surface area contributed by atoms with Gasteiger partial charge in [-0.1, -0.05) is 37.1 Å². The molecule has 3 N–H and O–H groups in total. The fourth-order valence-electron chi connectivity index (χ4n) is 3.53. The monoisotopic (exact) mass is 470 g/mol. The number of aromatic amines is 1. The number of aliphatic hydroxyl groups excluding tert-OH is 1. The van der Waals surface area contributed by atoms with E-state index >= 15 is 0 Å². The van der Waals surface area contributed by atoms with Crippen molar-refractivity contribution in [2.45, 2.75) is 37.9 Å². The summed E-state index contributed by atoms with van der Waals surface area (Å²) in [6, 6.07) is 6.41. The van der Waals surface area contributed by atoms with Crippen LogP contribution in [-0.4, -0.2) is 61.3 Å². The van der Waals surface area contributed by atoms with Crippen molar-refractivity contribution >= 4 is 39.2 Å². The molecule has 11 heteroatoms. The zero-order chi connectivity index (χ0) is 22.8. The van der Waals surface area contributed by atoms with Crippen LogP contribution in [-0.2, 0) is 16.4 Å². The minimum absolute atomic E-state index is 0.0506. The van der Waals surface area contributed by atoms with E-state index in [4.69, 9.17) is 16.7 Å². The van der Waals surface area contributed by atoms with Crippen molar-refractivity contribution in [1.29, 1.82) is 0 Å². The van der Waals surface area contributed by atoms with Crippen LogP contribution in [0.5, 0.6) is 0 Å². The van der Waals surface area contributed by atoms with E-state index in [1.807, 2.05) is 6.92 Å². The van der Waals surface area contributed by atoms with Gasteiger partial charge in [0.2, 0.25) is 0 Å². The number of urea groups is 1. The maximum Gasteiger partial charge on any atom is 0.432 e. The third-order valence-electron chi connectivity index (χ3n) is 5.23. The van der Waals surface area contributed by atoms with Gasteiger partial charge < -0.3 is 5.11 Å². The molecule has 9 nitrogen and oxygen atoms in total. The zero-order valence-corrected chi connectivity index (χ0v) is 19.1. The number of benzene rings is 1. The Morgan fingerprint density at radius 3 is 2.48 bits per heavy atom. The number of nitrogens with one attached hydrogen (secondary N) is 2. The molecular formula is C20H27ClN4O5S+2. The quantitative estimate of drug-likeness (QED) is 0.466. The van der Waals surface area contributed by atoms with E-state index in [2.05, 4.69) is 4.98 Å². The van der Waals surface area contributed by atoms with Crippen LogP contribution in [0.25, 0.3) is 0 Å². The molecule has 31 heavy (non-hydrogen) atoms. The predicted octanol–water partition coefficient (Wildman–Crippen LogP) is 0.682. The number of hydrogen-bond donors (Lipinski definition) is 3. The first-order chi connectivity index (χ1) is 14.7. The van der Waals surface area contributed by atoms with Gasteiger partial charge in [0.05, 0.1) is 12.8 Å². The van der Waals surface area contributed by atoms with Gasteiger partial charge in [0, 0.05) is 18.2 Å². The summed E-state index contributed by atoms with van der Waals surface area (Å²) in [7, 11) is -2.17. The molecule has 0 bridgehead atoms. The molecule has 1 unspecified atom stereocenters. The summed E-state index contributed by atoms with van der Waals surface area (Å²) in [5.41, 5.74) is 0.882. The normalized spacial score (nSPS) is 16.6. The van der Waals surface area contributed by atoms with E-state index in [1.54, 1.807) is 31.3 Å². The van der Waals surface area contributed by atoms with Gasteiger partial charge in [-0.2, -0.15) is 14.5 Å². The lowest BCUT2D eigenvalue weighted by atomic mass is 10.2. The Kier molecular flexibility index (Phi) is 7.15. The number of imide groups is 1. The van der Waals surface area contributed by atoms with Gasteiger partial charge in [-0.3, -0.25) is 4.79 Å². The van der Waals surface area contributed by atoms with Crippen molar-refractivity contribution in [1.82, 2.24) is 9.88 Å². The highest BCUT2D eigenvalue weighted by atomic mass is 35.5. The number of fused-ring (bicyclic) bond motifs is 1. The Balaban J connectivity index is 2.16. The molecule has 168 valence electrons. The zero-order valence-electron chi connectivity index (χ0n) is 17.5. The molecule has 0 spiro atoms. The lowest BCUT2D eigenvalue weighted by Gasteiger charge is -2.23. The lowest BCUT2D eigenvalue weighted by molar-refractivity contribution is -0.748. The molecular weight excluding hydrogens is 444 g/mol. The number of rotatable bonds is 9. The van der Waals surface area contributed by atoms with Crippen LogP contribution in [0.2, 0.25) is 5.02 Å². The molecule has 0 saturated carbocycles. The summed E-state index contributed by atoms with van der Waals surface area (Å²) in [6.45, 7) is 1.90. The van der Waals surface area contributed by atoms with Gasteiger partial charge >= 0.3 is 28.6 Å². The van der Waals surface area contributed by atoms with Crippen LogP contribution in [0.3, 0.4) is 0 Å². The second-order valence-corrected chi connectivity index (χ2v) is 9.96. The highest BCUT2D eigenvalue weighted by Gasteiger charge is 2.50. The maximum absolute atomic E-state index is 13.3. The van der Waals surface area contributed by atoms with Crippen LogP contribution < -0.4 is 9.47 Å². The summed E-state index contributed by atoms with van der Waals surface area (Å²) in [5.74, 6) is -0.431. The first kappa shape index (κ1) is 23.4. The van der Waals surface area contributed by atoms with Gasteiger partial charge in [-0.25, -0.2) is 18.1 Å². The van der Waals surface area contributed by atoms with E-state index in [0.717, 1.165) is 10.5 Å². The van der Waals surface area contributed by atoms with Gasteiger partial charge in [-0.15, -0.1) is 0 Å². The highest BCUT2D eigenvalue weighted by molar-refractivity contribution is 7.91. The summed E-state index contributed by atoms with van der Waals surface area (Å²) >= 11 is 5.97. The standard InChI is InChI=1S/C20H25ClN4O5S/c1-3-4-12-31(29,30)19-22-17-16(25(19)13-14-6-8-15(21)9-7-14)18(27)24(10-5-11-26)20(28)23(17)2/h6-9,26H,3-5,10-13H2,1-2H3/p+2. The first-order valence-electron chi connectivity index (χ1n) is 10.1. The van der Waals surface area contributed by atoms with Crippen LogP contribution in [0, 0.1) is 0 Å². The third kappa shape index (κ3) is 4.67. The molecule has 1 aromatic carbocycles. The van der Waals surface area contributed by atoms with Gasteiger partial charge in [0.15, 0.2) is 0 Å². The van der Waals surface area contributed by atoms with Crippen LogP contribution in [0.1, 0.15) is 42.2 Å². The number of aromatic nitrogens is 2. The number of nitrogens with zero attached hydrogens (tertiary/aromatic N) is 2. The average Bonchev–Trinajstić information content (AvgIpc) is 3.13. The molecule has 3 rings (SSSR count). The van der Waals surface area contributed by atoms with Crippen molar-refractivity contribution in [2.24, 2.45) is 0 Å². The molecule has 0 saturated heterocycles. The Morgan fingerprint density at radius 1 is 1.19 bits per heavy atom. The molecule has 2 aromatic rings. The number of halogens is 1. The second kappa shape index (κ2) is 9.47. The summed E-state index contributed by atoms with van der Waals surface area (Å²) in [5, 5.41) is 9.59. The number of unbranched alkanes of at least 4 members (excludes halogenated alkanes) is 1. The Hall–Kier alpha value is -2.27. The summed E-state index contributed by atoms with van der Waals surface area (Å²) in [4.78, 5) is 30.2. The van der Waals surface area contributed by atoms with Crippen molar-refractivity contribution in [2.75, 3.05) is 26.0 Å². The van der Waals surface area contributed by atoms with Crippen LogP contribution in [0.4, 0.5) is 10.6 Å². The smallest absolute Gasteiger partial charge is 0.396 e. The Labute approximate surface area is 186 Å². The van der Waals surface area contributed by atoms with Gasteiger partial charge in [-0.05, 0) is 30.5 Å². The summed E-state index contributed by atoms with van der Waals surface area (Å²) < 4.78 is 27.6. The van der Waals surface area contributed by atoms with Crippen LogP contribution >= 0.6 is 11.6 Å². The average molecular weight is 471 g/mol. The molecule has 1 aromatic heterocycles. The largest absolute Gasteiger partial charge is 0.432 e. The number of quaternary nitrogens is 1. The Morgan fingerprint density at radius 2 is 1.87 bits per heavy atom. The molecule has 1 atom stereocenters. The molecule has 2 heterocycles. The summed E-state index contributed by atoms with van der Waals surface area (Å²) in [6.07, 6.45) is 1.42. The molecule has 0 fully saturated rings. The van der Waals surface area contributed by atoms with Crippen molar-refractivity contribution in [3.63, 3.8) is 0 Å². The van der Waals surface area contributed by atoms with Crippen LogP contribution in [0.15, 0.2) is 29.4 Å². The van der Waals surface area contributed by atoms with E-state index < -0.39 is 21.8 Å². The van der Waals surface area contributed by atoms with Crippen molar-refractivity contribution < 1.29 is 32.6 Å².